The number of nitrogens with one attached hydrogen (secondary N) is 1. The summed E-state index contributed by atoms with van der Waals surface area (Å²) >= 11 is 0. The standard InChI is InChI=1S/C10H22N2O/c1-8(13)7-12(3)9(2)10-5-4-6-11-10/h8-11,13H,4-7H2,1-3H3. The Morgan fingerprint density at radius 2 is 2.23 bits per heavy atom. The monoisotopic (exact) mass is 186 g/mol. The maximum absolute atomic E-state index is 9.25. The van der Waals surface area contributed by atoms with Crippen LogP contribution in [0.15, 0.2) is 0 Å². The summed E-state index contributed by atoms with van der Waals surface area (Å²) in [6.45, 7) is 5.98. The van der Waals surface area contributed by atoms with E-state index in [9.17, 15) is 5.11 Å². The van der Waals surface area contributed by atoms with E-state index in [0.717, 1.165) is 13.1 Å². The first-order valence-electron chi connectivity index (χ1n) is 5.23. The molecule has 0 radical (unpaired) electrons. The molecule has 1 rings (SSSR count). The van der Waals surface area contributed by atoms with Crippen LogP contribution >= 0.6 is 0 Å². The molecule has 0 saturated carbocycles. The van der Waals surface area contributed by atoms with E-state index >= 15 is 0 Å². The van der Waals surface area contributed by atoms with Gasteiger partial charge in [0, 0.05) is 18.6 Å². The Hall–Kier alpha value is -0.120. The second kappa shape index (κ2) is 4.94. The fourth-order valence-corrected chi connectivity index (χ4v) is 2.01. The van der Waals surface area contributed by atoms with Crippen molar-refractivity contribution < 1.29 is 5.11 Å². The van der Waals surface area contributed by atoms with E-state index in [2.05, 4.69) is 24.2 Å². The quantitative estimate of drug-likeness (QED) is 0.669. The Labute approximate surface area is 81.1 Å². The summed E-state index contributed by atoms with van der Waals surface area (Å²) in [5.41, 5.74) is 0. The lowest BCUT2D eigenvalue weighted by atomic mass is 10.1. The highest BCUT2D eigenvalue weighted by atomic mass is 16.3. The van der Waals surface area contributed by atoms with Crippen LogP contribution in [0.25, 0.3) is 0 Å². The van der Waals surface area contributed by atoms with Gasteiger partial charge in [0.2, 0.25) is 0 Å². The number of rotatable bonds is 4. The summed E-state index contributed by atoms with van der Waals surface area (Å²) in [6.07, 6.45) is 2.33. The first kappa shape index (κ1) is 11.0. The molecule has 1 fully saturated rings. The van der Waals surface area contributed by atoms with E-state index in [0.29, 0.717) is 12.1 Å². The Morgan fingerprint density at radius 1 is 1.54 bits per heavy atom. The summed E-state index contributed by atoms with van der Waals surface area (Å²) in [7, 11) is 2.08. The van der Waals surface area contributed by atoms with Crippen LogP contribution in [0.1, 0.15) is 26.7 Å². The zero-order valence-corrected chi connectivity index (χ0v) is 8.95. The van der Waals surface area contributed by atoms with Crippen LogP contribution in [-0.2, 0) is 0 Å². The minimum absolute atomic E-state index is 0.228. The molecule has 13 heavy (non-hydrogen) atoms. The van der Waals surface area contributed by atoms with Crippen LogP contribution in [0.4, 0.5) is 0 Å². The van der Waals surface area contributed by atoms with Crippen LogP contribution in [-0.4, -0.2) is 48.3 Å². The van der Waals surface area contributed by atoms with Crippen molar-refractivity contribution in [2.24, 2.45) is 0 Å². The predicted molar refractivity (Wildman–Crippen MR) is 54.8 cm³/mol. The summed E-state index contributed by atoms with van der Waals surface area (Å²) in [5, 5.41) is 12.7. The molecule has 1 aliphatic heterocycles. The molecule has 78 valence electrons. The molecule has 3 heteroatoms. The second-order valence-corrected chi connectivity index (χ2v) is 4.23. The zero-order chi connectivity index (χ0) is 9.84. The van der Waals surface area contributed by atoms with Gasteiger partial charge >= 0.3 is 0 Å². The second-order valence-electron chi connectivity index (χ2n) is 4.23. The Balaban J connectivity index is 2.31. The molecule has 0 spiro atoms. The molecule has 0 aromatic carbocycles. The van der Waals surface area contributed by atoms with Gasteiger partial charge in [-0.1, -0.05) is 0 Å². The maximum Gasteiger partial charge on any atom is 0.0639 e. The molecule has 0 aliphatic carbocycles. The van der Waals surface area contributed by atoms with Crippen molar-refractivity contribution in [3.8, 4) is 0 Å². The van der Waals surface area contributed by atoms with E-state index in [1.807, 2.05) is 6.92 Å². The molecule has 0 aromatic heterocycles. The van der Waals surface area contributed by atoms with Crippen molar-refractivity contribution in [1.82, 2.24) is 10.2 Å². The molecule has 2 N–H and O–H groups in total. The SMILES string of the molecule is CC(O)CN(C)C(C)C1CCCN1. The number of hydrogen-bond acceptors (Lipinski definition) is 3. The fraction of sp³-hybridized carbons (Fsp3) is 1.00. The Kier molecular flexibility index (Phi) is 4.16. The smallest absolute Gasteiger partial charge is 0.0639 e. The highest BCUT2D eigenvalue weighted by molar-refractivity contribution is 4.84. The van der Waals surface area contributed by atoms with Gasteiger partial charge in [0.1, 0.15) is 0 Å². The largest absolute Gasteiger partial charge is 0.392 e. The number of likely N-dealkylation sites (N-methyl/N-ethyl adjacent to an activating group) is 1. The van der Waals surface area contributed by atoms with Gasteiger partial charge in [-0.05, 0) is 40.3 Å². The normalized spacial score (nSPS) is 27.9. The van der Waals surface area contributed by atoms with E-state index in [4.69, 9.17) is 0 Å². The Morgan fingerprint density at radius 3 is 2.69 bits per heavy atom. The average molecular weight is 186 g/mol. The van der Waals surface area contributed by atoms with Crippen LogP contribution in [0.2, 0.25) is 0 Å². The number of aliphatic hydroxyl groups is 1. The molecular formula is C10H22N2O. The summed E-state index contributed by atoms with van der Waals surface area (Å²) < 4.78 is 0. The van der Waals surface area contributed by atoms with E-state index in [1.54, 1.807) is 0 Å². The highest BCUT2D eigenvalue weighted by Gasteiger charge is 2.24. The zero-order valence-electron chi connectivity index (χ0n) is 8.95. The van der Waals surface area contributed by atoms with Crippen LogP contribution in [0, 0.1) is 0 Å². The molecule has 0 aromatic rings. The maximum atomic E-state index is 9.25. The third-order valence-corrected chi connectivity index (χ3v) is 2.93. The van der Waals surface area contributed by atoms with Crippen molar-refractivity contribution in [3.05, 3.63) is 0 Å². The molecule has 0 amide bonds. The highest BCUT2D eigenvalue weighted by Crippen LogP contribution is 2.13. The lowest BCUT2D eigenvalue weighted by molar-refractivity contribution is 0.111. The molecule has 0 bridgehead atoms. The molecule has 3 unspecified atom stereocenters. The van der Waals surface area contributed by atoms with E-state index in [-0.39, 0.29) is 6.10 Å². The van der Waals surface area contributed by atoms with Crippen molar-refractivity contribution >= 4 is 0 Å². The number of hydrogen-bond donors (Lipinski definition) is 2. The minimum atomic E-state index is -0.228. The van der Waals surface area contributed by atoms with Gasteiger partial charge in [-0.15, -0.1) is 0 Å². The number of aliphatic hydroxyl groups excluding tert-OH is 1. The lowest BCUT2D eigenvalue weighted by Crippen LogP contribution is -2.46. The Bertz CT molecular complexity index is 144. The van der Waals surface area contributed by atoms with Crippen LogP contribution in [0.5, 0.6) is 0 Å². The van der Waals surface area contributed by atoms with Gasteiger partial charge < -0.3 is 10.4 Å². The number of nitrogens with zero attached hydrogens (tertiary/aromatic N) is 1. The fourth-order valence-electron chi connectivity index (χ4n) is 2.01. The van der Waals surface area contributed by atoms with Gasteiger partial charge in [0.05, 0.1) is 6.10 Å². The van der Waals surface area contributed by atoms with E-state index in [1.165, 1.54) is 12.8 Å². The predicted octanol–water partition coefficient (Wildman–Crippen LogP) is 0.439. The van der Waals surface area contributed by atoms with Gasteiger partial charge in [0.25, 0.3) is 0 Å². The van der Waals surface area contributed by atoms with Crippen molar-refractivity contribution in [3.63, 3.8) is 0 Å². The minimum Gasteiger partial charge on any atom is -0.392 e. The van der Waals surface area contributed by atoms with E-state index < -0.39 is 0 Å². The summed E-state index contributed by atoms with van der Waals surface area (Å²) in [5.74, 6) is 0. The first-order valence-corrected chi connectivity index (χ1v) is 5.23. The summed E-state index contributed by atoms with van der Waals surface area (Å²) in [4.78, 5) is 2.23. The molecule has 3 nitrogen and oxygen atoms in total. The average Bonchev–Trinajstić information content (AvgIpc) is 2.53. The van der Waals surface area contributed by atoms with Gasteiger partial charge in [-0.25, -0.2) is 0 Å². The van der Waals surface area contributed by atoms with Gasteiger partial charge in [0.15, 0.2) is 0 Å². The lowest BCUT2D eigenvalue weighted by Gasteiger charge is -2.30. The van der Waals surface area contributed by atoms with Crippen molar-refractivity contribution in [1.29, 1.82) is 0 Å². The topological polar surface area (TPSA) is 35.5 Å². The third kappa shape index (κ3) is 3.25. The van der Waals surface area contributed by atoms with Crippen LogP contribution in [0.3, 0.4) is 0 Å². The molecule has 1 aliphatic rings. The van der Waals surface area contributed by atoms with Crippen molar-refractivity contribution in [2.75, 3.05) is 20.1 Å². The van der Waals surface area contributed by atoms with Crippen molar-refractivity contribution in [2.45, 2.75) is 44.9 Å². The van der Waals surface area contributed by atoms with Gasteiger partial charge in [-0.3, -0.25) is 4.90 Å². The summed E-state index contributed by atoms with van der Waals surface area (Å²) in [6, 6.07) is 1.14. The first-order chi connectivity index (χ1) is 6.11. The molecular weight excluding hydrogens is 164 g/mol. The molecule has 3 atom stereocenters. The van der Waals surface area contributed by atoms with Crippen LogP contribution < -0.4 is 5.32 Å². The van der Waals surface area contributed by atoms with Gasteiger partial charge in [-0.2, -0.15) is 0 Å². The molecule has 1 heterocycles. The third-order valence-electron chi connectivity index (χ3n) is 2.93. The molecule has 1 saturated heterocycles.